The van der Waals surface area contributed by atoms with Crippen molar-refractivity contribution in [3.63, 3.8) is 0 Å². The summed E-state index contributed by atoms with van der Waals surface area (Å²) in [5.74, 6) is 0. The molecule has 0 spiro atoms. The molecule has 0 aliphatic carbocycles. The first-order valence-electron chi connectivity index (χ1n) is 7.62. The van der Waals surface area contributed by atoms with E-state index < -0.39 is 0 Å². The summed E-state index contributed by atoms with van der Waals surface area (Å²) in [6, 6.07) is 9.07. The summed E-state index contributed by atoms with van der Waals surface area (Å²) in [4.78, 5) is 10.8. The van der Waals surface area contributed by atoms with Crippen molar-refractivity contribution < 1.29 is 4.74 Å². The minimum absolute atomic E-state index is 0.217. The highest BCUT2D eigenvalue weighted by molar-refractivity contribution is 9.10. The van der Waals surface area contributed by atoms with Gasteiger partial charge in [0.15, 0.2) is 0 Å². The van der Waals surface area contributed by atoms with Crippen molar-refractivity contribution in [2.24, 2.45) is 0 Å². The molecule has 2 heterocycles. The van der Waals surface area contributed by atoms with E-state index in [2.05, 4.69) is 62.0 Å². The third-order valence-electron chi connectivity index (χ3n) is 4.06. The van der Waals surface area contributed by atoms with Crippen molar-refractivity contribution in [1.29, 1.82) is 0 Å². The van der Waals surface area contributed by atoms with E-state index in [0.29, 0.717) is 6.01 Å². The maximum Gasteiger partial charge on any atom is 0.316 e. The predicted octanol–water partition coefficient (Wildman–Crippen LogP) is 3.59. The number of hydrogen-bond acceptors (Lipinski definition) is 4. The van der Waals surface area contributed by atoms with E-state index in [4.69, 9.17) is 4.74 Å². The molecule has 1 aliphatic heterocycles. The highest BCUT2D eigenvalue weighted by atomic mass is 79.9. The average Bonchev–Trinajstić information content (AvgIpc) is 2.54. The Hall–Kier alpha value is -1.46. The second-order valence-corrected chi connectivity index (χ2v) is 6.62. The molecule has 0 unspecified atom stereocenters. The van der Waals surface area contributed by atoms with Gasteiger partial charge in [0.1, 0.15) is 6.10 Å². The highest BCUT2D eigenvalue weighted by Crippen LogP contribution is 2.19. The molecule has 0 bridgehead atoms. The molecule has 0 amide bonds. The second kappa shape index (κ2) is 7.20. The van der Waals surface area contributed by atoms with E-state index in [0.717, 1.165) is 36.9 Å². The van der Waals surface area contributed by atoms with Gasteiger partial charge in [0.2, 0.25) is 0 Å². The molecule has 4 nitrogen and oxygen atoms in total. The van der Waals surface area contributed by atoms with Crippen LogP contribution in [0, 0.1) is 6.92 Å². The zero-order chi connectivity index (χ0) is 15.4. The van der Waals surface area contributed by atoms with Crippen LogP contribution >= 0.6 is 15.9 Å². The Morgan fingerprint density at radius 2 is 1.86 bits per heavy atom. The molecular weight excluding hydrogens is 342 g/mol. The van der Waals surface area contributed by atoms with E-state index in [9.17, 15) is 0 Å². The van der Waals surface area contributed by atoms with Gasteiger partial charge in [-0.25, -0.2) is 9.97 Å². The smallest absolute Gasteiger partial charge is 0.316 e. The molecule has 0 N–H and O–H groups in total. The number of aromatic nitrogens is 2. The fourth-order valence-corrected chi connectivity index (χ4v) is 2.93. The highest BCUT2D eigenvalue weighted by Gasteiger charge is 2.21. The molecule has 5 heteroatoms. The predicted molar refractivity (Wildman–Crippen MR) is 89.8 cm³/mol. The van der Waals surface area contributed by atoms with E-state index in [1.165, 1.54) is 11.1 Å². The number of piperidine rings is 1. The number of benzene rings is 1. The van der Waals surface area contributed by atoms with E-state index >= 15 is 0 Å². The number of ether oxygens (including phenoxy) is 1. The Morgan fingerprint density at radius 1 is 1.18 bits per heavy atom. The van der Waals surface area contributed by atoms with Crippen LogP contribution in [-0.2, 0) is 6.54 Å². The second-order valence-electron chi connectivity index (χ2n) is 5.70. The lowest BCUT2D eigenvalue weighted by molar-refractivity contribution is 0.0891. The average molecular weight is 362 g/mol. The van der Waals surface area contributed by atoms with Gasteiger partial charge in [0.25, 0.3) is 0 Å². The number of nitrogens with zero attached hydrogens (tertiary/aromatic N) is 3. The topological polar surface area (TPSA) is 38.2 Å². The number of rotatable bonds is 4. The zero-order valence-corrected chi connectivity index (χ0v) is 14.3. The summed E-state index contributed by atoms with van der Waals surface area (Å²) in [6.45, 7) is 5.30. The van der Waals surface area contributed by atoms with E-state index in [-0.39, 0.29) is 6.10 Å². The number of halogens is 1. The number of aryl methyl sites for hydroxylation is 1. The SMILES string of the molecule is Cc1ccccc1CN1CCC(Oc2ncc(Br)cn2)CC1. The van der Waals surface area contributed by atoms with Gasteiger partial charge in [-0.1, -0.05) is 24.3 Å². The van der Waals surface area contributed by atoms with Crippen molar-refractivity contribution >= 4 is 15.9 Å². The molecular formula is C17H20BrN3O. The van der Waals surface area contributed by atoms with Crippen molar-refractivity contribution in [1.82, 2.24) is 14.9 Å². The molecule has 0 radical (unpaired) electrons. The van der Waals surface area contributed by atoms with Crippen molar-refractivity contribution in [3.8, 4) is 6.01 Å². The zero-order valence-electron chi connectivity index (χ0n) is 12.7. The maximum atomic E-state index is 5.86. The lowest BCUT2D eigenvalue weighted by Crippen LogP contribution is -2.38. The Balaban J connectivity index is 1.50. The normalized spacial score (nSPS) is 16.6. The lowest BCUT2D eigenvalue weighted by Gasteiger charge is -2.31. The van der Waals surface area contributed by atoms with Crippen LogP contribution in [0.25, 0.3) is 0 Å². The Morgan fingerprint density at radius 3 is 2.55 bits per heavy atom. The van der Waals surface area contributed by atoms with Crippen LogP contribution in [0.5, 0.6) is 6.01 Å². The molecule has 3 rings (SSSR count). The first-order chi connectivity index (χ1) is 10.7. The van der Waals surface area contributed by atoms with E-state index in [1.807, 2.05) is 0 Å². The molecule has 2 aromatic rings. The third-order valence-corrected chi connectivity index (χ3v) is 4.47. The van der Waals surface area contributed by atoms with Gasteiger partial charge in [-0.3, -0.25) is 4.90 Å². The number of hydrogen-bond donors (Lipinski definition) is 0. The van der Waals surface area contributed by atoms with Gasteiger partial charge in [-0.2, -0.15) is 0 Å². The van der Waals surface area contributed by atoms with Crippen LogP contribution in [0.15, 0.2) is 41.1 Å². The summed E-state index contributed by atoms with van der Waals surface area (Å²) in [5.41, 5.74) is 2.78. The van der Waals surface area contributed by atoms with E-state index in [1.54, 1.807) is 12.4 Å². The van der Waals surface area contributed by atoms with Crippen LogP contribution in [0.1, 0.15) is 24.0 Å². The standard InChI is InChI=1S/C17H20BrN3O/c1-13-4-2-3-5-14(13)12-21-8-6-16(7-9-21)22-17-19-10-15(18)11-20-17/h2-5,10-11,16H,6-9,12H2,1H3. The largest absolute Gasteiger partial charge is 0.460 e. The fourth-order valence-electron chi connectivity index (χ4n) is 2.72. The Kier molecular flexibility index (Phi) is 5.05. The monoisotopic (exact) mass is 361 g/mol. The lowest BCUT2D eigenvalue weighted by atomic mass is 10.0. The fraction of sp³-hybridized carbons (Fsp3) is 0.412. The molecule has 1 aliphatic rings. The quantitative estimate of drug-likeness (QED) is 0.833. The van der Waals surface area contributed by atoms with Crippen molar-refractivity contribution in [3.05, 3.63) is 52.3 Å². The molecule has 0 atom stereocenters. The van der Waals surface area contributed by atoms with Gasteiger partial charge in [0.05, 0.1) is 4.47 Å². The van der Waals surface area contributed by atoms with Gasteiger partial charge in [0, 0.05) is 32.0 Å². The van der Waals surface area contributed by atoms with Crippen LogP contribution in [0.2, 0.25) is 0 Å². The first-order valence-corrected chi connectivity index (χ1v) is 8.41. The minimum Gasteiger partial charge on any atom is -0.460 e. The summed E-state index contributed by atoms with van der Waals surface area (Å²) in [6.07, 6.45) is 5.69. The van der Waals surface area contributed by atoms with Gasteiger partial charge in [-0.15, -0.1) is 0 Å². The molecule has 1 aromatic heterocycles. The summed E-state index contributed by atoms with van der Waals surface area (Å²) >= 11 is 3.33. The summed E-state index contributed by atoms with van der Waals surface area (Å²) in [5, 5.41) is 0. The summed E-state index contributed by atoms with van der Waals surface area (Å²) < 4.78 is 6.73. The maximum absolute atomic E-state index is 5.86. The van der Waals surface area contributed by atoms with Crippen LogP contribution in [-0.4, -0.2) is 34.1 Å². The molecule has 1 fully saturated rings. The van der Waals surface area contributed by atoms with Gasteiger partial charge >= 0.3 is 6.01 Å². The molecule has 1 aromatic carbocycles. The van der Waals surface area contributed by atoms with Crippen molar-refractivity contribution in [2.45, 2.75) is 32.4 Å². The molecule has 116 valence electrons. The van der Waals surface area contributed by atoms with Crippen LogP contribution in [0.4, 0.5) is 0 Å². The Bertz CT molecular complexity index is 610. The molecule has 22 heavy (non-hydrogen) atoms. The first kappa shape index (κ1) is 15.4. The van der Waals surface area contributed by atoms with Gasteiger partial charge < -0.3 is 4.74 Å². The molecule has 1 saturated heterocycles. The van der Waals surface area contributed by atoms with Gasteiger partial charge in [-0.05, 0) is 46.8 Å². The van der Waals surface area contributed by atoms with Crippen LogP contribution < -0.4 is 4.74 Å². The number of likely N-dealkylation sites (tertiary alicyclic amines) is 1. The third kappa shape index (κ3) is 4.05. The van der Waals surface area contributed by atoms with Crippen LogP contribution in [0.3, 0.4) is 0 Å². The molecule has 0 saturated carbocycles. The Labute approximate surface area is 139 Å². The minimum atomic E-state index is 0.217. The van der Waals surface area contributed by atoms with Crippen molar-refractivity contribution in [2.75, 3.05) is 13.1 Å². The summed E-state index contributed by atoms with van der Waals surface area (Å²) in [7, 11) is 0.